The number of hydrogen-bond acceptors (Lipinski definition) is 6. The van der Waals surface area contributed by atoms with Crippen LogP contribution in [0, 0.1) is 0 Å². The van der Waals surface area contributed by atoms with Gasteiger partial charge in [-0.1, -0.05) is 60.4 Å². The maximum Gasteiger partial charge on any atom is 0.238 e. The lowest BCUT2D eigenvalue weighted by Gasteiger charge is -2.04. The van der Waals surface area contributed by atoms with Gasteiger partial charge in [-0.25, -0.2) is 8.42 Å². The van der Waals surface area contributed by atoms with E-state index in [0.29, 0.717) is 5.13 Å². The average molecular weight is 315 g/mol. The number of nitrogens with zero attached hydrogens (tertiary/aromatic N) is 2. The minimum Gasteiger partial charge on any atom is -0.257 e. The fourth-order valence-corrected chi connectivity index (χ4v) is 4.45. The quantitative estimate of drug-likeness (QED) is 0.830. The van der Waals surface area contributed by atoms with Crippen LogP contribution in [0.1, 0.15) is 12.5 Å². The van der Waals surface area contributed by atoms with Crippen molar-refractivity contribution < 1.29 is 8.42 Å². The van der Waals surface area contributed by atoms with E-state index in [0.717, 1.165) is 15.7 Å². The first-order chi connectivity index (χ1) is 9.09. The van der Waals surface area contributed by atoms with E-state index < -0.39 is 10.0 Å². The fourth-order valence-electron chi connectivity index (χ4n) is 1.40. The summed E-state index contributed by atoms with van der Waals surface area (Å²) in [5, 5.41) is 8.03. The molecule has 1 aromatic carbocycles. The Morgan fingerprint density at radius 2 is 2.00 bits per heavy atom. The summed E-state index contributed by atoms with van der Waals surface area (Å²) < 4.78 is 27.1. The SMILES string of the molecule is CCSc1nnc(NS(=O)(=O)Cc2ccccc2)s1. The molecule has 2 rings (SSSR count). The van der Waals surface area contributed by atoms with Crippen LogP contribution >= 0.6 is 23.1 Å². The highest BCUT2D eigenvalue weighted by molar-refractivity contribution is 8.01. The zero-order chi connectivity index (χ0) is 13.7. The molecule has 0 aliphatic heterocycles. The summed E-state index contributed by atoms with van der Waals surface area (Å²) in [5.41, 5.74) is 0.739. The lowest BCUT2D eigenvalue weighted by atomic mass is 10.2. The van der Waals surface area contributed by atoms with Crippen molar-refractivity contribution >= 4 is 38.3 Å². The van der Waals surface area contributed by atoms with E-state index in [-0.39, 0.29) is 5.75 Å². The van der Waals surface area contributed by atoms with E-state index in [1.807, 2.05) is 25.1 Å². The van der Waals surface area contributed by atoms with Gasteiger partial charge in [0.2, 0.25) is 15.2 Å². The van der Waals surface area contributed by atoms with Crippen LogP contribution in [-0.4, -0.2) is 24.4 Å². The van der Waals surface area contributed by atoms with Crippen molar-refractivity contribution in [1.29, 1.82) is 0 Å². The van der Waals surface area contributed by atoms with Gasteiger partial charge in [0.05, 0.1) is 5.75 Å². The largest absolute Gasteiger partial charge is 0.257 e. The number of hydrogen-bond donors (Lipinski definition) is 1. The molecule has 2 aromatic rings. The Morgan fingerprint density at radius 3 is 2.68 bits per heavy atom. The number of rotatable bonds is 6. The molecule has 0 aliphatic rings. The standard InChI is InChI=1S/C11H13N3O2S3/c1-2-17-11-13-12-10(18-11)14-19(15,16)8-9-6-4-3-5-7-9/h3-7H,2,8H2,1H3,(H,12,14). The fraction of sp³-hybridized carbons (Fsp3) is 0.273. The maximum atomic E-state index is 12.0. The van der Waals surface area contributed by atoms with Gasteiger partial charge in [0.15, 0.2) is 4.34 Å². The van der Waals surface area contributed by atoms with Crippen molar-refractivity contribution in [3.05, 3.63) is 35.9 Å². The summed E-state index contributed by atoms with van der Waals surface area (Å²) in [6.07, 6.45) is 0. The number of nitrogens with one attached hydrogen (secondary N) is 1. The molecule has 0 bridgehead atoms. The summed E-state index contributed by atoms with van der Waals surface area (Å²) in [4.78, 5) is 0. The van der Waals surface area contributed by atoms with Gasteiger partial charge in [0.1, 0.15) is 0 Å². The van der Waals surface area contributed by atoms with Gasteiger partial charge in [0, 0.05) is 0 Å². The van der Waals surface area contributed by atoms with Crippen molar-refractivity contribution in [1.82, 2.24) is 10.2 Å². The van der Waals surface area contributed by atoms with Gasteiger partial charge in [-0.15, -0.1) is 10.2 Å². The lowest BCUT2D eigenvalue weighted by Crippen LogP contribution is -2.14. The monoisotopic (exact) mass is 315 g/mol. The average Bonchev–Trinajstić information content (AvgIpc) is 2.77. The second-order valence-corrected chi connectivity index (χ2v) is 7.86. The Balaban J connectivity index is 2.04. The van der Waals surface area contributed by atoms with Gasteiger partial charge in [-0.3, -0.25) is 4.72 Å². The Labute approximate surface area is 120 Å². The van der Waals surface area contributed by atoms with Crippen molar-refractivity contribution in [3.8, 4) is 0 Å². The minimum absolute atomic E-state index is 0.0658. The summed E-state index contributed by atoms with van der Waals surface area (Å²) in [6.45, 7) is 2.01. The molecule has 19 heavy (non-hydrogen) atoms. The molecule has 0 aliphatic carbocycles. The molecule has 5 nitrogen and oxygen atoms in total. The van der Waals surface area contributed by atoms with Crippen LogP contribution in [0.2, 0.25) is 0 Å². The first-order valence-corrected chi connectivity index (χ1v) is 9.05. The number of anilines is 1. The molecule has 8 heteroatoms. The van der Waals surface area contributed by atoms with Crippen LogP contribution in [0.5, 0.6) is 0 Å². The molecule has 0 saturated carbocycles. The zero-order valence-electron chi connectivity index (χ0n) is 10.2. The van der Waals surface area contributed by atoms with E-state index >= 15 is 0 Å². The number of sulfonamides is 1. The van der Waals surface area contributed by atoms with Gasteiger partial charge in [-0.05, 0) is 11.3 Å². The van der Waals surface area contributed by atoms with Crippen LogP contribution < -0.4 is 4.72 Å². The smallest absolute Gasteiger partial charge is 0.238 e. The van der Waals surface area contributed by atoms with Crippen LogP contribution in [0.25, 0.3) is 0 Å². The predicted octanol–water partition coefficient (Wildman–Crippen LogP) is 2.59. The molecule has 1 heterocycles. The van der Waals surface area contributed by atoms with Crippen LogP contribution in [-0.2, 0) is 15.8 Å². The summed E-state index contributed by atoms with van der Waals surface area (Å²) in [6, 6.07) is 9.02. The van der Waals surface area contributed by atoms with E-state index in [4.69, 9.17) is 0 Å². The van der Waals surface area contributed by atoms with Gasteiger partial charge >= 0.3 is 0 Å². The van der Waals surface area contributed by atoms with Crippen LogP contribution in [0.15, 0.2) is 34.7 Å². The van der Waals surface area contributed by atoms with E-state index in [1.165, 1.54) is 23.1 Å². The maximum absolute atomic E-state index is 12.0. The van der Waals surface area contributed by atoms with E-state index in [2.05, 4.69) is 14.9 Å². The van der Waals surface area contributed by atoms with Gasteiger partial charge in [0.25, 0.3) is 0 Å². The lowest BCUT2D eigenvalue weighted by molar-refractivity contribution is 0.600. The van der Waals surface area contributed by atoms with Gasteiger partial charge in [-0.2, -0.15) is 0 Å². The minimum atomic E-state index is -3.44. The summed E-state index contributed by atoms with van der Waals surface area (Å²) >= 11 is 2.78. The van der Waals surface area contributed by atoms with Crippen molar-refractivity contribution in [2.24, 2.45) is 0 Å². The van der Waals surface area contributed by atoms with Gasteiger partial charge < -0.3 is 0 Å². The third kappa shape index (κ3) is 4.48. The predicted molar refractivity (Wildman–Crippen MR) is 79.0 cm³/mol. The molecule has 0 unspecified atom stereocenters. The molecule has 1 aromatic heterocycles. The molecule has 0 amide bonds. The van der Waals surface area contributed by atoms with E-state index in [9.17, 15) is 8.42 Å². The Kier molecular flexibility index (Phi) is 4.78. The number of thioether (sulfide) groups is 1. The van der Waals surface area contributed by atoms with Crippen molar-refractivity contribution in [2.45, 2.75) is 17.0 Å². The first kappa shape index (κ1) is 14.3. The van der Waals surface area contributed by atoms with Crippen molar-refractivity contribution in [3.63, 3.8) is 0 Å². The van der Waals surface area contributed by atoms with E-state index in [1.54, 1.807) is 12.1 Å². The normalized spacial score (nSPS) is 11.4. The molecule has 102 valence electrons. The molecular formula is C11H13N3O2S3. The summed E-state index contributed by atoms with van der Waals surface area (Å²) in [5.74, 6) is 0.815. The third-order valence-electron chi connectivity index (χ3n) is 2.12. The Bertz CT molecular complexity index is 626. The summed E-state index contributed by atoms with van der Waals surface area (Å²) in [7, 11) is -3.44. The van der Waals surface area contributed by atoms with Crippen molar-refractivity contribution in [2.75, 3.05) is 10.5 Å². The number of benzene rings is 1. The number of aromatic nitrogens is 2. The third-order valence-corrected chi connectivity index (χ3v) is 5.32. The molecule has 0 radical (unpaired) electrons. The molecule has 0 atom stereocenters. The molecule has 0 saturated heterocycles. The Hall–Kier alpha value is -1.12. The second-order valence-electron chi connectivity index (χ2n) is 3.65. The molecule has 0 fully saturated rings. The molecule has 0 spiro atoms. The van der Waals surface area contributed by atoms with Crippen LogP contribution in [0.4, 0.5) is 5.13 Å². The highest BCUT2D eigenvalue weighted by atomic mass is 32.2. The molecule has 1 N–H and O–H groups in total. The highest BCUT2D eigenvalue weighted by Crippen LogP contribution is 2.25. The zero-order valence-corrected chi connectivity index (χ0v) is 12.7. The topological polar surface area (TPSA) is 72.0 Å². The molecular weight excluding hydrogens is 302 g/mol. The highest BCUT2D eigenvalue weighted by Gasteiger charge is 2.14. The first-order valence-electron chi connectivity index (χ1n) is 5.60. The Morgan fingerprint density at radius 1 is 1.26 bits per heavy atom. The van der Waals surface area contributed by atoms with Crippen LogP contribution in [0.3, 0.4) is 0 Å². The second kappa shape index (κ2) is 6.36.